The molecular weight excluding hydrogens is 322 g/mol. The Morgan fingerprint density at radius 2 is 1.79 bits per heavy atom. The zero-order valence-electron chi connectivity index (χ0n) is 12.9. The second kappa shape index (κ2) is 6.14. The van der Waals surface area contributed by atoms with Crippen LogP contribution >= 0.6 is 0 Å². The van der Waals surface area contributed by atoms with Gasteiger partial charge in [-0.1, -0.05) is 17.7 Å². The van der Waals surface area contributed by atoms with Crippen LogP contribution in [0.4, 0.5) is 23.2 Å². The lowest BCUT2D eigenvalue weighted by atomic mass is 10.2. The summed E-state index contributed by atoms with van der Waals surface area (Å²) >= 11 is 0. The lowest BCUT2D eigenvalue weighted by Crippen LogP contribution is -2.18. The maximum atomic E-state index is 13.2. The first-order chi connectivity index (χ1) is 11.3. The van der Waals surface area contributed by atoms with Gasteiger partial charge in [0.05, 0.1) is 11.0 Å². The number of aryl methyl sites for hydroxylation is 1. The molecule has 0 radical (unpaired) electrons. The van der Waals surface area contributed by atoms with E-state index in [2.05, 4.69) is 10.3 Å². The molecule has 0 aliphatic carbocycles. The number of hydrogen-bond acceptors (Lipinski definition) is 2. The molecule has 0 amide bonds. The molecule has 0 unspecified atom stereocenters. The highest BCUT2D eigenvalue weighted by Gasteiger charge is 2.37. The molecule has 1 aromatic heterocycles. The molecular formula is C17H15F4N3. The van der Waals surface area contributed by atoms with Gasteiger partial charge in [0.1, 0.15) is 5.82 Å². The molecule has 0 saturated heterocycles. The van der Waals surface area contributed by atoms with Gasteiger partial charge in [0.15, 0.2) is 0 Å². The predicted octanol–water partition coefficient (Wildman–Crippen LogP) is 4.61. The molecule has 3 aromatic rings. The molecule has 3 nitrogen and oxygen atoms in total. The van der Waals surface area contributed by atoms with E-state index in [0.717, 1.165) is 28.0 Å². The number of anilines is 1. The average molecular weight is 337 g/mol. The molecule has 1 N–H and O–H groups in total. The van der Waals surface area contributed by atoms with E-state index in [9.17, 15) is 17.6 Å². The van der Waals surface area contributed by atoms with Gasteiger partial charge in [-0.25, -0.2) is 9.37 Å². The molecule has 7 heteroatoms. The number of rotatable bonds is 4. The molecule has 0 fully saturated rings. The molecule has 24 heavy (non-hydrogen) atoms. The fraction of sp³-hybridized carbons (Fsp3) is 0.235. The molecule has 0 saturated carbocycles. The lowest BCUT2D eigenvalue weighted by Gasteiger charge is -2.12. The molecule has 3 rings (SSSR count). The SMILES string of the molecule is Cc1ccc(NCCn2c(C(F)(F)F)nc3cc(F)ccc32)cc1. The van der Waals surface area contributed by atoms with Gasteiger partial charge in [0, 0.05) is 24.8 Å². The quantitative estimate of drug-likeness (QED) is 0.704. The number of fused-ring (bicyclic) bond motifs is 1. The van der Waals surface area contributed by atoms with Crippen LogP contribution in [0.3, 0.4) is 0 Å². The molecule has 2 aromatic carbocycles. The van der Waals surface area contributed by atoms with Crippen molar-refractivity contribution in [3.63, 3.8) is 0 Å². The van der Waals surface area contributed by atoms with Crippen molar-refractivity contribution in [1.82, 2.24) is 9.55 Å². The van der Waals surface area contributed by atoms with Crippen molar-refractivity contribution < 1.29 is 17.6 Å². The van der Waals surface area contributed by atoms with Crippen LogP contribution in [-0.4, -0.2) is 16.1 Å². The number of hydrogen-bond donors (Lipinski definition) is 1. The number of benzene rings is 2. The summed E-state index contributed by atoms with van der Waals surface area (Å²) in [5.74, 6) is -1.63. The summed E-state index contributed by atoms with van der Waals surface area (Å²) < 4.78 is 53.9. The van der Waals surface area contributed by atoms with Crippen molar-refractivity contribution in [3.05, 3.63) is 59.7 Å². The van der Waals surface area contributed by atoms with Crippen LogP contribution in [-0.2, 0) is 12.7 Å². The number of alkyl halides is 3. The Morgan fingerprint density at radius 3 is 2.46 bits per heavy atom. The Labute approximate surface area is 135 Å². The second-order valence-corrected chi connectivity index (χ2v) is 5.51. The number of aromatic nitrogens is 2. The van der Waals surface area contributed by atoms with E-state index in [0.29, 0.717) is 0 Å². The van der Waals surface area contributed by atoms with Crippen LogP contribution in [0, 0.1) is 12.7 Å². The maximum absolute atomic E-state index is 13.2. The van der Waals surface area contributed by atoms with Crippen molar-refractivity contribution in [1.29, 1.82) is 0 Å². The number of halogens is 4. The van der Waals surface area contributed by atoms with Crippen LogP contribution in [0.2, 0.25) is 0 Å². The van der Waals surface area contributed by atoms with Gasteiger partial charge in [-0.2, -0.15) is 13.2 Å². The summed E-state index contributed by atoms with van der Waals surface area (Å²) in [4.78, 5) is 3.55. The number of nitrogens with zero attached hydrogens (tertiary/aromatic N) is 2. The lowest BCUT2D eigenvalue weighted by molar-refractivity contribution is -0.146. The van der Waals surface area contributed by atoms with E-state index >= 15 is 0 Å². The Balaban J connectivity index is 1.85. The molecule has 0 bridgehead atoms. The number of nitrogens with one attached hydrogen (secondary N) is 1. The molecule has 0 spiro atoms. The maximum Gasteiger partial charge on any atom is 0.449 e. The van der Waals surface area contributed by atoms with E-state index in [1.54, 1.807) is 0 Å². The highest BCUT2D eigenvalue weighted by Crippen LogP contribution is 2.31. The monoisotopic (exact) mass is 337 g/mol. The summed E-state index contributed by atoms with van der Waals surface area (Å²) in [6, 6.07) is 11.0. The Hall–Kier alpha value is -2.57. The van der Waals surface area contributed by atoms with Crippen molar-refractivity contribution in [2.24, 2.45) is 0 Å². The van der Waals surface area contributed by atoms with Crippen LogP contribution < -0.4 is 5.32 Å². The first kappa shape index (κ1) is 16.3. The third kappa shape index (κ3) is 3.34. The largest absolute Gasteiger partial charge is 0.449 e. The Bertz CT molecular complexity index is 851. The minimum Gasteiger partial charge on any atom is -0.383 e. The van der Waals surface area contributed by atoms with E-state index in [4.69, 9.17) is 0 Å². The topological polar surface area (TPSA) is 29.9 Å². The van der Waals surface area contributed by atoms with Crippen LogP contribution in [0.25, 0.3) is 11.0 Å². The highest BCUT2D eigenvalue weighted by molar-refractivity contribution is 5.76. The third-order valence-electron chi connectivity index (χ3n) is 3.68. The van der Waals surface area contributed by atoms with Crippen molar-refractivity contribution in [2.45, 2.75) is 19.6 Å². The minimum atomic E-state index is -4.60. The van der Waals surface area contributed by atoms with Gasteiger partial charge in [-0.3, -0.25) is 0 Å². The first-order valence-corrected chi connectivity index (χ1v) is 7.38. The van der Waals surface area contributed by atoms with Gasteiger partial charge in [0.25, 0.3) is 0 Å². The number of imidazole rings is 1. The summed E-state index contributed by atoms with van der Waals surface area (Å²) in [5, 5.41) is 3.07. The van der Waals surface area contributed by atoms with Gasteiger partial charge in [-0.05, 0) is 31.2 Å². The van der Waals surface area contributed by atoms with E-state index in [-0.39, 0.29) is 24.1 Å². The fourth-order valence-electron chi connectivity index (χ4n) is 2.53. The van der Waals surface area contributed by atoms with Crippen LogP contribution in [0.5, 0.6) is 0 Å². The van der Waals surface area contributed by atoms with Crippen molar-refractivity contribution in [2.75, 3.05) is 11.9 Å². The van der Waals surface area contributed by atoms with Gasteiger partial charge >= 0.3 is 6.18 Å². The van der Waals surface area contributed by atoms with Crippen LogP contribution in [0.1, 0.15) is 11.4 Å². The standard InChI is InChI=1S/C17H15F4N3/c1-11-2-5-13(6-3-11)22-8-9-24-15-7-4-12(18)10-14(15)23-16(24)17(19,20)21/h2-7,10,22H,8-9H2,1H3. The third-order valence-corrected chi connectivity index (χ3v) is 3.68. The smallest absolute Gasteiger partial charge is 0.383 e. The molecule has 126 valence electrons. The average Bonchev–Trinajstić information content (AvgIpc) is 2.87. The Kier molecular flexibility index (Phi) is 4.17. The van der Waals surface area contributed by atoms with Crippen molar-refractivity contribution in [3.8, 4) is 0 Å². The summed E-state index contributed by atoms with van der Waals surface area (Å²) in [6.45, 7) is 2.30. The summed E-state index contributed by atoms with van der Waals surface area (Å²) in [7, 11) is 0. The Morgan fingerprint density at radius 1 is 1.08 bits per heavy atom. The highest BCUT2D eigenvalue weighted by atomic mass is 19.4. The van der Waals surface area contributed by atoms with E-state index in [1.165, 1.54) is 6.07 Å². The molecule has 0 aliphatic rings. The van der Waals surface area contributed by atoms with Gasteiger partial charge < -0.3 is 9.88 Å². The molecule has 0 aliphatic heterocycles. The van der Waals surface area contributed by atoms with Gasteiger partial charge in [0.2, 0.25) is 5.82 Å². The van der Waals surface area contributed by atoms with Crippen molar-refractivity contribution >= 4 is 16.7 Å². The first-order valence-electron chi connectivity index (χ1n) is 7.38. The summed E-state index contributed by atoms with van der Waals surface area (Å²) in [5.41, 5.74) is 2.18. The predicted molar refractivity (Wildman–Crippen MR) is 84.4 cm³/mol. The van der Waals surface area contributed by atoms with Crippen LogP contribution in [0.15, 0.2) is 42.5 Å². The molecule has 1 heterocycles. The fourth-order valence-corrected chi connectivity index (χ4v) is 2.53. The van der Waals surface area contributed by atoms with E-state index in [1.807, 2.05) is 31.2 Å². The summed E-state index contributed by atoms with van der Waals surface area (Å²) in [6.07, 6.45) is -4.60. The normalized spacial score (nSPS) is 11.9. The van der Waals surface area contributed by atoms with Gasteiger partial charge in [-0.15, -0.1) is 0 Å². The molecule has 0 atom stereocenters. The zero-order chi connectivity index (χ0) is 17.3. The zero-order valence-corrected chi connectivity index (χ0v) is 12.9. The van der Waals surface area contributed by atoms with E-state index < -0.39 is 17.8 Å². The second-order valence-electron chi connectivity index (χ2n) is 5.51. The minimum absolute atomic E-state index is 0.00217.